The Morgan fingerprint density at radius 2 is 1.63 bits per heavy atom. The van der Waals surface area contributed by atoms with Gasteiger partial charge in [0.25, 0.3) is 5.56 Å². The van der Waals surface area contributed by atoms with Crippen LogP contribution in [0.4, 0.5) is 4.39 Å². The van der Waals surface area contributed by atoms with Crippen molar-refractivity contribution in [2.75, 3.05) is 0 Å². The van der Waals surface area contributed by atoms with E-state index in [0.717, 1.165) is 16.3 Å². The van der Waals surface area contributed by atoms with Gasteiger partial charge in [-0.3, -0.25) is 4.79 Å². The van der Waals surface area contributed by atoms with Gasteiger partial charge in [0.05, 0.1) is 4.47 Å². The first-order valence-corrected chi connectivity index (χ1v) is 8.99. The lowest BCUT2D eigenvalue weighted by atomic mass is 9.96. The predicted molar refractivity (Wildman–Crippen MR) is 108 cm³/mol. The van der Waals surface area contributed by atoms with Gasteiger partial charge in [-0.2, -0.15) is 5.26 Å². The van der Waals surface area contributed by atoms with Gasteiger partial charge in [0.2, 0.25) is 0 Å². The van der Waals surface area contributed by atoms with Crippen molar-refractivity contribution in [1.29, 1.82) is 5.26 Å². The van der Waals surface area contributed by atoms with Crippen LogP contribution in [-0.4, -0.2) is 4.98 Å². The Morgan fingerprint density at radius 3 is 2.44 bits per heavy atom. The summed E-state index contributed by atoms with van der Waals surface area (Å²) in [5.74, 6) is -0.511. The third-order valence-electron chi connectivity index (χ3n) is 4.47. The summed E-state index contributed by atoms with van der Waals surface area (Å²) in [5.41, 5.74) is 1.15. The molecule has 3 aromatic carbocycles. The number of fused-ring (bicyclic) bond motifs is 1. The fourth-order valence-electron chi connectivity index (χ4n) is 3.20. The number of aromatic amines is 1. The molecule has 0 fully saturated rings. The lowest BCUT2D eigenvalue weighted by Gasteiger charge is -2.11. The highest BCUT2D eigenvalue weighted by atomic mass is 79.9. The van der Waals surface area contributed by atoms with Gasteiger partial charge in [-0.05, 0) is 38.8 Å². The van der Waals surface area contributed by atoms with Crippen LogP contribution < -0.4 is 5.56 Å². The maximum Gasteiger partial charge on any atom is 0.266 e. The van der Waals surface area contributed by atoms with Crippen molar-refractivity contribution in [1.82, 2.24) is 4.98 Å². The van der Waals surface area contributed by atoms with Crippen LogP contribution in [0.5, 0.6) is 0 Å². The van der Waals surface area contributed by atoms with Gasteiger partial charge >= 0.3 is 0 Å². The Hall–Kier alpha value is -3.23. The number of hydrogen-bond acceptors (Lipinski definition) is 2. The van der Waals surface area contributed by atoms with Crippen LogP contribution in [0.1, 0.15) is 5.56 Å². The van der Waals surface area contributed by atoms with Crippen LogP contribution in [0.15, 0.2) is 76.0 Å². The van der Waals surface area contributed by atoms with Crippen molar-refractivity contribution < 1.29 is 4.39 Å². The molecule has 4 rings (SSSR count). The number of halogens is 2. The van der Waals surface area contributed by atoms with Crippen molar-refractivity contribution in [2.24, 2.45) is 0 Å². The van der Waals surface area contributed by atoms with Crippen LogP contribution in [-0.2, 0) is 0 Å². The van der Waals surface area contributed by atoms with E-state index < -0.39 is 11.4 Å². The molecule has 5 heteroatoms. The third-order valence-corrected chi connectivity index (χ3v) is 5.08. The molecule has 0 saturated heterocycles. The summed E-state index contributed by atoms with van der Waals surface area (Å²) >= 11 is 3.16. The molecule has 0 atom stereocenters. The number of hydrogen-bond donors (Lipinski definition) is 1. The molecule has 130 valence electrons. The van der Waals surface area contributed by atoms with Gasteiger partial charge in [-0.25, -0.2) is 4.39 Å². The van der Waals surface area contributed by atoms with Gasteiger partial charge in [-0.15, -0.1) is 0 Å². The number of nitrogens with zero attached hydrogens (tertiary/aromatic N) is 1. The Kier molecular flexibility index (Phi) is 4.35. The average Bonchev–Trinajstić information content (AvgIpc) is 2.69. The lowest BCUT2D eigenvalue weighted by molar-refractivity contribution is 0.624. The van der Waals surface area contributed by atoms with Crippen molar-refractivity contribution >= 4 is 26.7 Å². The summed E-state index contributed by atoms with van der Waals surface area (Å²) in [6.07, 6.45) is 0. The van der Waals surface area contributed by atoms with E-state index in [1.54, 1.807) is 24.3 Å². The molecule has 1 heterocycles. The van der Waals surface area contributed by atoms with Gasteiger partial charge in [0.15, 0.2) is 0 Å². The van der Waals surface area contributed by atoms with E-state index in [2.05, 4.69) is 20.9 Å². The standard InChI is InChI=1S/C22H12BrFN2O/c23-19-10-4-9-16(21(19)24)17-11-20(26-22(27)18(17)12-25)15-8-3-6-13-5-1-2-7-14(13)15/h1-11H,(H,26,27). The molecule has 0 saturated carbocycles. The molecule has 0 unspecified atom stereocenters. The summed E-state index contributed by atoms with van der Waals surface area (Å²) < 4.78 is 14.9. The smallest absolute Gasteiger partial charge is 0.266 e. The molecule has 0 spiro atoms. The molecular formula is C22H12BrFN2O. The Bertz CT molecular complexity index is 1280. The Morgan fingerprint density at radius 1 is 0.926 bits per heavy atom. The zero-order chi connectivity index (χ0) is 19.0. The highest BCUT2D eigenvalue weighted by Gasteiger charge is 2.17. The lowest BCUT2D eigenvalue weighted by Crippen LogP contribution is -2.13. The minimum atomic E-state index is -0.544. The van der Waals surface area contributed by atoms with E-state index in [9.17, 15) is 14.4 Å². The topological polar surface area (TPSA) is 56.6 Å². The molecule has 0 aliphatic rings. The van der Waals surface area contributed by atoms with Crippen LogP contribution in [0.3, 0.4) is 0 Å². The van der Waals surface area contributed by atoms with Gasteiger partial charge in [0.1, 0.15) is 17.4 Å². The SMILES string of the molecule is N#Cc1c(-c2cccc(Br)c2F)cc(-c2cccc3ccccc23)[nH]c1=O. The normalized spacial score (nSPS) is 10.7. The van der Waals surface area contributed by atoms with E-state index in [-0.39, 0.29) is 21.2 Å². The fourth-order valence-corrected chi connectivity index (χ4v) is 3.57. The quantitative estimate of drug-likeness (QED) is 0.458. The number of nitriles is 1. The monoisotopic (exact) mass is 418 g/mol. The summed E-state index contributed by atoms with van der Waals surface area (Å²) in [6, 6.07) is 21.9. The van der Waals surface area contributed by atoms with Crippen molar-refractivity contribution in [3.8, 4) is 28.5 Å². The predicted octanol–water partition coefficient (Wildman–Crippen LogP) is 5.64. The molecule has 0 aliphatic carbocycles. The number of H-pyrrole nitrogens is 1. The molecule has 0 bridgehead atoms. The highest BCUT2D eigenvalue weighted by molar-refractivity contribution is 9.10. The van der Waals surface area contributed by atoms with Crippen molar-refractivity contribution in [3.05, 3.63) is 92.9 Å². The molecule has 1 aromatic heterocycles. The second kappa shape index (κ2) is 6.82. The third kappa shape index (κ3) is 2.94. The van der Waals surface area contributed by atoms with Crippen LogP contribution >= 0.6 is 15.9 Å². The number of aromatic nitrogens is 1. The Labute approximate surface area is 162 Å². The molecule has 0 aliphatic heterocycles. The summed E-state index contributed by atoms with van der Waals surface area (Å²) in [5, 5.41) is 11.4. The number of pyridine rings is 1. The van der Waals surface area contributed by atoms with E-state index in [0.29, 0.717) is 5.69 Å². The van der Waals surface area contributed by atoms with Crippen LogP contribution in [0.25, 0.3) is 33.2 Å². The molecule has 1 N–H and O–H groups in total. The average molecular weight is 419 g/mol. The fraction of sp³-hybridized carbons (Fsp3) is 0. The zero-order valence-electron chi connectivity index (χ0n) is 14.0. The van der Waals surface area contributed by atoms with Gasteiger partial charge < -0.3 is 4.98 Å². The number of nitrogens with one attached hydrogen (secondary N) is 1. The second-order valence-corrected chi connectivity index (χ2v) is 6.90. The minimum Gasteiger partial charge on any atom is -0.321 e. The first-order valence-electron chi connectivity index (χ1n) is 8.20. The second-order valence-electron chi connectivity index (χ2n) is 6.04. The maximum absolute atomic E-state index is 14.7. The van der Waals surface area contributed by atoms with Crippen LogP contribution in [0.2, 0.25) is 0 Å². The van der Waals surface area contributed by atoms with Crippen molar-refractivity contribution in [2.45, 2.75) is 0 Å². The zero-order valence-corrected chi connectivity index (χ0v) is 15.5. The Balaban J connectivity index is 2.05. The largest absolute Gasteiger partial charge is 0.321 e. The van der Waals surface area contributed by atoms with E-state index in [4.69, 9.17) is 0 Å². The molecule has 3 nitrogen and oxygen atoms in total. The van der Waals surface area contributed by atoms with Gasteiger partial charge in [-0.1, -0.05) is 54.6 Å². The van der Waals surface area contributed by atoms with E-state index in [1.807, 2.05) is 48.5 Å². The minimum absolute atomic E-state index is 0.115. The maximum atomic E-state index is 14.7. The van der Waals surface area contributed by atoms with Gasteiger partial charge in [0, 0.05) is 22.4 Å². The van der Waals surface area contributed by atoms with Crippen molar-refractivity contribution in [3.63, 3.8) is 0 Å². The highest BCUT2D eigenvalue weighted by Crippen LogP contribution is 2.33. The molecule has 0 radical (unpaired) electrons. The molecule has 27 heavy (non-hydrogen) atoms. The van der Waals surface area contributed by atoms with E-state index >= 15 is 0 Å². The molecule has 0 amide bonds. The van der Waals surface area contributed by atoms with Crippen LogP contribution in [0, 0.1) is 17.1 Å². The number of benzene rings is 3. The molecule has 4 aromatic rings. The molecular weight excluding hydrogens is 407 g/mol. The summed E-state index contributed by atoms with van der Waals surface area (Å²) in [7, 11) is 0. The summed E-state index contributed by atoms with van der Waals surface area (Å²) in [4.78, 5) is 15.3. The first-order chi connectivity index (χ1) is 13.1. The van der Waals surface area contributed by atoms with E-state index in [1.165, 1.54) is 0 Å². The number of rotatable bonds is 2. The first kappa shape index (κ1) is 17.2. The summed E-state index contributed by atoms with van der Waals surface area (Å²) in [6.45, 7) is 0.